The van der Waals surface area contributed by atoms with Crippen molar-refractivity contribution in [1.82, 2.24) is 0 Å². The van der Waals surface area contributed by atoms with Gasteiger partial charge in [-0.3, -0.25) is 4.79 Å². The van der Waals surface area contributed by atoms with Gasteiger partial charge in [-0.25, -0.2) is 4.79 Å². The Bertz CT molecular complexity index is 403. The first-order valence-electron chi connectivity index (χ1n) is 4.57. The Labute approximate surface area is 98.1 Å². The largest absolute Gasteiger partial charge is 0.478 e. The van der Waals surface area contributed by atoms with Crippen molar-refractivity contribution in [3.63, 3.8) is 0 Å². The van der Waals surface area contributed by atoms with E-state index in [-0.39, 0.29) is 0 Å². The molecule has 0 amide bonds. The van der Waals surface area contributed by atoms with Crippen LogP contribution in [0.15, 0.2) is 18.2 Å². The van der Waals surface area contributed by atoms with Gasteiger partial charge in [0.05, 0.1) is 12.7 Å². The van der Waals surface area contributed by atoms with Gasteiger partial charge in [0, 0.05) is 5.02 Å². The van der Waals surface area contributed by atoms with E-state index in [1.165, 1.54) is 26.2 Å². The molecule has 0 saturated heterocycles. The fourth-order valence-corrected chi connectivity index (χ4v) is 1.30. The molecule has 0 aliphatic rings. The maximum atomic E-state index is 11.1. The fourth-order valence-electron chi connectivity index (χ4n) is 1.12. The summed E-state index contributed by atoms with van der Waals surface area (Å²) in [6.07, 6.45) is -0.157. The van der Waals surface area contributed by atoms with Gasteiger partial charge in [-0.15, -0.1) is 0 Å². The average molecular weight is 243 g/mol. The molecule has 0 fully saturated rings. The molecular formula is C11H11ClO4. The van der Waals surface area contributed by atoms with E-state index in [0.29, 0.717) is 22.6 Å². The summed E-state index contributed by atoms with van der Waals surface area (Å²) < 4.78 is 9.78. The van der Waals surface area contributed by atoms with Crippen LogP contribution >= 0.6 is 11.6 Å². The predicted molar refractivity (Wildman–Crippen MR) is 58.9 cm³/mol. The molecule has 5 heteroatoms. The quantitative estimate of drug-likeness (QED) is 0.599. The van der Waals surface area contributed by atoms with Gasteiger partial charge in [0.1, 0.15) is 5.75 Å². The predicted octanol–water partition coefficient (Wildman–Crippen LogP) is 2.09. The highest BCUT2D eigenvalue weighted by Crippen LogP contribution is 2.22. The van der Waals surface area contributed by atoms with Crippen LogP contribution in [0.4, 0.5) is 0 Å². The second kappa shape index (κ2) is 5.51. The molecular weight excluding hydrogens is 232 g/mol. The first-order valence-corrected chi connectivity index (χ1v) is 4.95. The van der Waals surface area contributed by atoms with Gasteiger partial charge in [-0.05, 0) is 25.1 Å². The molecule has 0 aromatic heterocycles. The van der Waals surface area contributed by atoms with E-state index in [1.54, 1.807) is 6.07 Å². The average Bonchev–Trinajstić information content (AvgIpc) is 2.30. The van der Waals surface area contributed by atoms with Gasteiger partial charge < -0.3 is 9.47 Å². The molecule has 0 unspecified atom stereocenters. The van der Waals surface area contributed by atoms with Crippen molar-refractivity contribution in [3.05, 3.63) is 28.8 Å². The maximum absolute atomic E-state index is 11.1. The normalized spacial score (nSPS) is 11.7. The number of hydrogen-bond acceptors (Lipinski definition) is 4. The van der Waals surface area contributed by atoms with Crippen molar-refractivity contribution in [2.45, 2.75) is 13.0 Å². The molecule has 4 nitrogen and oxygen atoms in total. The first-order chi connectivity index (χ1) is 7.58. The highest BCUT2D eigenvalue weighted by atomic mass is 35.5. The number of rotatable bonds is 4. The van der Waals surface area contributed by atoms with E-state index in [4.69, 9.17) is 16.3 Å². The van der Waals surface area contributed by atoms with Crippen LogP contribution in [0.5, 0.6) is 5.75 Å². The summed E-state index contributed by atoms with van der Waals surface area (Å²) in [6, 6.07) is 4.58. The zero-order valence-electron chi connectivity index (χ0n) is 8.90. The Hall–Kier alpha value is -1.55. The lowest BCUT2D eigenvalue weighted by Gasteiger charge is -2.13. The smallest absolute Gasteiger partial charge is 0.346 e. The van der Waals surface area contributed by atoms with E-state index >= 15 is 0 Å². The number of methoxy groups -OCH3 is 1. The lowest BCUT2D eigenvalue weighted by molar-refractivity contribution is -0.147. The second-order valence-electron chi connectivity index (χ2n) is 3.08. The van der Waals surface area contributed by atoms with Crippen molar-refractivity contribution in [2.75, 3.05) is 7.11 Å². The van der Waals surface area contributed by atoms with Gasteiger partial charge in [-0.2, -0.15) is 0 Å². The van der Waals surface area contributed by atoms with Crippen LogP contribution in [-0.4, -0.2) is 25.5 Å². The van der Waals surface area contributed by atoms with E-state index in [0.717, 1.165) is 0 Å². The van der Waals surface area contributed by atoms with E-state index < -0.39 is 12.1 Å². The van der Waals surface area contributed by atoms with E-state index in [1.807, 2.05) is 0 Å². The summed E-state index contributed by atoms with van der Waals surface area (Å²) in [6.45, 7) is 1.54. The molecule has 0 saturated carbocycles. The van der Waals surface area contributed by atoms with E-state index in [9.17, 15) is 9.59 Å². The van der Waals surface area contributed by atoms with Crippen LogP contribution in [0, 0.1) is 0 Å². The number of aldehydes is 1. The molecule has 0 N–H and O–H groups in total. The molecule has 1 atom stereocenters. The molecule has 1 aromatic carbocycles. The van der Waals surface area contributed by atoms with Crippen molar-refractivity contribution >= 4 is 23.9 Å². The topological polar surface area (TPSA) is 52.6 Å². The highest BCUT2D eigenvalue weighted by Gasteiger charge is 2.16. The number of halogens is 1. The Kier molecular flexibility index (Phi) is 4.31. The molecule has 0 radical (unpaired) electrons. The summed E-state index contributed by atoms with van der Waals surface area (Å²) in [5.74, 6) is -0.205. The number of carbonyl (C=O) groups is 2. The summed E-state index contributed by atoms with van der Waals surface area (Å²) in [5.41, 5.74) is 0.295. The van der Waals surface area contributed by atoms with Crippen LogP contribution in [-0.2, 0) is 9.53 Å². The number of carbonyl (C=O) groups excluding carboxylic acids is 2. The van der Waals surface area contributed by atoms with Gasteiger partial charge >= 0.3 is 5.97 Å². The van der Waals surface area contributed by atoms with Crippen molar-refractivity contribution in [1.29, 1.82) is 0 Å². The second-order valence-corrected chi connectivity index (χ2v) is 3.52. The van der Waals surface area contributed by atoms with Crippen molar-refractivity contribution in [2.24, 2.45) is 0 Å². The Balaban J connectivity index is 2.88. The number of esters is 1. The summed E-state index contributed by atoms with van der Waals surface area (Å²) in [4.78, 5) is 21.9. The van der Waals surface area contributed by atoms with Gasteiger partial charge in [-0.1, -0.05) is 11.6 Å². The number of hydrogen-bond donors (Lipinski definition) is 0. The lowest BCUT2D eigenvalue weighted by atomic mass is 10.2. The minimum atomic E-state index is -0.773. The SMILES string of the molecule is COC(=O)[C@H](C)Oc1ccc(Cl)cc1C=O. The summed E-state index contributed by atoms with van der Waals surface area (Å²) >= 11 is 5.72. The standard InChI is InChI=1S/C11H11ClO4/c1-7(11(14)15-2)16-10-4-3-9(12)5-8(10)6-13/h3-7H,1-2H3/t7-/m0/s1. The Morgan fingerprint density at radius 1 is 1.50 bits per heavy atom. The van der Waals surface area contributed by atoms with Crippen LogP contribution in [0.1, 0.15) is 17.3 Å². The molecule has 0 heterocycles. The maximum Gasteiger partial charge on any atom is 0.346 e. The molecule has 1 rings (SSSR count). The molecule has 0 aliphatic heterocycles. The van der Waals surface area contributed by atoms with E-state index in [2.05, 4.69) is 4.74 Å². The first kappa shape index (κ1) is 12.5. The summed E-state index contributed by atoms with van der Waals surface area (Å²) in [7, 11) is 1.27. The molecule has 1 aromatic rings. The Morgan fingerprint density at radius 3 is 2.75 bits per heavy atom. The number of benzene rings is 1. The molecule has 0 spiro atoms. The fraction of sp³-hybridized carbons (Fsp3) is 0.273. The summed E-state index contributed by atoms with van der Waals surface area (Å²) in [5, 5.41) is 0.431. The third kappa shape index (κ3) is 2.97. The van der Waals surface area contributed by atoms with Gasteiger partial charge in [0.15, 0.2) is 12.4 Å². The van der Waals surface area contributed by atoms with Crippen LogP contribution in [0.2, 0.25) is 5.02 Å². The molecule has 0 bridgehead atoms. The molecule has 86 valence electrons. The monoisotopic (exact) mass is 242 g/mol. The third-order valence-corrected chi connectivity index (χ3v) is 2.17. The van der Waals surface area contributed by atoms with Crippen molar-refractivity contribution < 1.29 is 19.1 Å². The zero-order valence-corrected chi connectivity index (χ0v) is 9.65. The van der Waals surface area contributed by atoms with Crippen LogP contribution < -0.4 is 4.74 Å². The minimum absolute atomic E-state index is 0.295. The third-order valence-electron chi connectivity index (χ3n) is 1.94. The Morgan fingerprint density at radius 2 is 2.19 bits per heavy atom. The van der Waals surface area contributed by atoms with Crippen molar-refractivity contribution in [3.8, 4) is 5.75 Å². The van der Waals surface area contributed by atoms with Crippen LogP contribution in [0.25, 0.3) is 0 Å². The lowest BCUT2D eigenvalue weighted by Crippen LogP contribution is -2.25. The zero-order chi connectivity index (χ0) is 12.1. The van der Waals surface area contributed by atoms with Gasteiger partial charge in [0.2, 0.25) is 0 Å². The molecule has 0 aliphatic carbocycles. The van der Waals surface area contributed by atoms with Crippen LogP contribution in [0.3, 0.4) is 0 Å². The number of ether oxygens (including phenoxy) is 2. The molecule has 16 heavy (non-hydrogen) atoms. The van der Waals surface area contributed by atoms with Gasteiger partial charge in [0.25, 0.3) is 0 Å². The minimum Gasteiger partial charge on any atom is -0.478 e. The highest BCUT2D eigenvalue weighted by molar-refractivity contribution is 6.30.